The van der Waals surface area contributed by atoms with Crippen LogP contribution in [0, 0.1) is 17.0 Å². The number of halogens is 8. The van der Waals surface area contributed by atoms with E-state index in [2.05, 4.69) is 4.74 Å². The van der Waals surface area contributed by atoms with Crippen molar-refractivity contribution in [2.24, 2.45) is 5.41 Å². The summed E-state index contributed by atoms with van der Waals surface area (Å²) in [7, 11) is 0. The number of nitrogens with zero attached hydrogens (tertiary/aromatic N) is 1. The summed E-state index contributed by atoms with van der Waals surface area (Å²) in [5, 5.41) is 0. The number of hydrogen-bond donors (Lipinski definition) is 0. The second-order valence-electron chi connectivity index (χ2n) is 9.19. The molecule has 1 heterocycles. The van der Waals surface area contributed by atoms with E-state index >= 15 is 0 Å². The van der Waals surface area contributed by atoms with Crippen LogP contribution in [0.4, 0.5) is 39.9 Å². The molecular weight excluding hydrogens is 502 g/mol. The maximum atomic E-state index is 13.4. The van der Waals surface area contributed by atoms with Gasteiger partial charge < -0.3 is 14.4 Å². The molecule has 2 aliphatic rings. The van der Waals surface area contributed by atoms with E-state index in [1.165, 1.54) is 48.5 Å². The molecule has 2 fully saturated rings. The Morgan fingerprint density at radius 1 is 0.861 bits per heavy atom. The van der Waals surface area contributed by atoms with E-state index in [0.717, 1.165) is 4.90 Å². The molecule has 1 aliphatic heterocycles. The Morgan fingerprint density at radius 2 is 1.33 bits per heavy atom. The molecule has 4 nitrogen and oxygen atoms in total. The first kappa shape index (κ1) is 26.2. The van der Waals surface area contributed by atoms with Crippen molar-refractivity contribution >= 4 is 6.09 Å². The van der Waals surface area contributed by atoms with Crippen LogP contribution in [-0.4, -0.2) is 48.6 Å². The predicted octanol–water partition coefficient (Wildman–Crippen LogP) is 6.56. The Kier molecular flexibility index (Phi) is 6.93. The highest BCUT2D eigenvalue weighted by atomic mass is 19.4. The zero-order valence-electron chi connectivity index (χ0n) is 18.6. The van der Waals surface area contributed by atoms with Gasteiger partial charge in [0.05, 0.1) is 6.10 Å². The average molecular weight is 523 g/mol. The molecule has 36 heavy (non-hydrogen) atoms. The molecule has 12 heteroatoms. The molecule has 2 aromatic rings. The third-order valence-corrected chi connectivity index (χ3v) is 6.46. The summed E-state index contributed by atoms with van der Waals surface area (Å²) in [6.45, 7) is -0.127. The minimum Gasteiger partial charge on any atom is -0.426 e. The first-order valence-corrected chi connectivity index (χ1v) is 11.0. The Morgan fingerprint density at radius 3 is 1.78 bits per heavy atom. The molecule has 1 atom stereocenters. The highest BCUT2D eigenvalue weighted by molar-refractivity contribution is 5.69. The van der Waals surface area contributed by atoms with Gasteiger partial charge in [-0.25, -0.2) is 13.6 Å². The van der Waals surface area contributed by atoms with Gasteiger partial charge in [-0.05, 0) is 54.7 Å². The molecule has 1 aliphatic carbocycles. The first-order chi connectivity index (χ1) is 16.8. The van der Waals surface area contributed by atoms with Crippen molar-refractivity contribution in [1.29, 1.82) is 0 Å². The molecule has 0 N–H and O–H groups in total. The summed E-state index contributed by atoms with van der Waals surface area (Å²) in [6.07, 6.45) is -17.0. The number of rotatable bonds is 5. The Balaban J connectivity index is 1.40. The number of amides is 1. The van der Waals surface area contributed by atoms with Crippen LogP contribution in [0.5, 0.6) is 0 Å². The van der Waals surface area contributed by atoms with Crippen LogP contribution < -0.4 is 0 Å². The van der Waals surface area contributed by atoms with Gasteiger partial charge in [0.2, 0.25) is 0 Å². The number of ether oxygens (including phenoxy) is 2. The number of benzene rings is 2. The molecule has 1 saturated heterocycles. The third-order valence-electron chi connectivity index (χ3n) is 6.46. The molecule has 0 radical (unpaired) electrons. The van der Waals surface area contributed by atoms with Gasteiger partial charge in [-0.15, -0.1) is 0 Å². The fourth-order valence-corrected chi connectivity index (χ4v) is 4.76. The van der Waals surface area contributed by atoms with Crippen molar-refractivity contribution in [1.82, 2.24) is 4.90 Å². The van der Waals surface area contributed by atoms with Gasteiger partial charge in [-0.1, -0.05) is 24.3 Å². The predicted molar refractivity (Wildman–Crippen MR) is 110 cm³/mol. The standard InChI is InChI=1S/C24H21F8NO3/c25-16-5-1-14(2-6-16)19(15-3-7-17(26)8-4-15)35-18-9-10-22(11-18)12-33(13-22)21(34)36-20(23(27,28)29)24(30,31)32/h1-8,18-20H,9-13H2. The highest BCUT2D eigenvalue weighted by Crippen LogP contribution is 2.48. The summed E-state index contributed by atoms with van der Waals surface area (Å²) in [5.41, 5.74) is 0.715. The zero-order chi connectivity index (χ0) is 26.3. The zero-order valence-corrected chi connectivity index (χ0v) is 18.6. The summed E-state index contributed by atoms with van der Waals surface area (Å²) < 4.78 is 113. The van der Waals surface area contributed by atoms with Crippen LogP contribution in [0.15, 0.2) is 48.5 Å². The van der Waals surface area contributed by atoms with Gasteiger partial charge in [-0.3, -0.25) is 0 Å². The third kappa shape index (κ3) is 5.74. The van der Waals surface area contributed by atoms with Crippen molar-refractivity contribution in [3.8, 4) is 0 Å². The Labute approximate surface area is 200 Å². The van der Waals surface area contributed by atoms with Gasteiger partial charge in [-0.2, -0.15) is 26.3 Å². The highest BCUT2D eigenvalue weighted by Gasteiger charge is 2.61. The van der Waals surface area contributed by atoms with Crippen molar-refractivity contribution in [3.05, 3.63) is 71.3 Å². The molecule has 4 rings (SSSR count). The van der Waals surface area contributed by atoms with Gasteiger partial charge in [0, 0.05) is 18.5 Å². The van der Waals surface area contributed by atoms with E-state index in [1.54, 1.807) is 0 Å². The number of alkyl halides is 6. The Hall–Kier alpha value is -2.89. The van der Waals surface area contributed by atoms with E-state index < -0.39 is 47.7 Å². The molecule has 1 amide bonds. The van der Waals surface area contributed by atoms with Crippen LogP contribution in [0.25, 0.3) is 0 Å². The average Bonchev–Trinajstić information content (AvgIpc) is 3.19. The lowest BCUT2D eigenvalue weighted by Crippen LogP contribution is -2.59. The topological polar surface area (TPSA) is 38.8 Å². The number of likely N-dealkylation sites (tertiary alicyclic amines) is 1. The molecule has 196 valence electrons. The Bertz CT molecular complexity index is 1000. The second kappa shape index (κ2) is 9.53. The quantitative estimate of drug-likeness (QED) is 0.417. The van der Waals surface area contributed by atoms with Crippen molar-refractivity contribution < 1.29 is 49.4 Å². The van der Waals surface area contributed by atoms with Crippen LogP contribution in [0.2, 0.25) is 0 Å². The summed E-state index contributed by atoms with van der Waals surface area (Å²) in [5.74, 6) is -0.896. The maximum absolute atomic E-state index is 13.4. The molecule has 1 unspecified atom stereocenters. The molecule has 1 spiro atoms. The minimum absolute atomic E-state index is 0.0636. The van der Waals surface area contributed by atoms with Crippen molar-refractivity contribution in [3.63, 3.8) is 0 Å². The SMILES string of the molecule is O=C(OC(C(F)(F)F)C(F)(F)F)N1CC2(CCC(OC(c3ccc(F)cc3)c3ccc(F)cc3)C2)C1. The van der Waals surface area contributed by atoms with Crippen molar-refractivity contribution in [2.45, 2.75) is 49.9 Å². The van der Waals surface area contributed by atoms with Gasteiger partial charge in [0.15, 0.2) is 0 Å². The fraction of sp³-hybridized carbons (Fsp3) is 0.458. The summed E-state index contributed by atoms with van der Waals surface area (Å²) in [6, 6.07) is 11.2. The van der Waals surface area contributed by atoms with Gasteiger partial charge in [0.1, 0.15) is 17.7 Å². The number of carbonyl (C=O) groups excluding carboxylic acids is 1. The lowest BCUT2D eigenvalue weighted by atomic mass is 9.78. The maximum Gasteiger partial charge on any atom is 0.434 e. The van der Waals surface area contributed by atoms with E-state index in [9.17, 15) is 39.9 Å². The van der Waals surface area contributed by atoms with E-state index in [-0.39, 0.29) is 19.2 Å². The minimum atomic E-state index is -5.78. The van der Waals surface area contributed by atoms with E-state index in [4.69, 9.17) is 4.74 Å². The molecule has 2 aromatic carbocycles. The smallest absolute Gasteiger partial charge is 0.426 e. The number of hydrogen-bond acceptors (Lipinski definition) is 3. The molecule has 0 aromatic heterocycles. The largest absolute Gasteiger partial charge is 0.434 e. The van der Waals surface area contributed by atoms with Gasteiger partial charge in [0.25, 0.3) is 6.10 Å². The van der Waals surface area contributed by atoms with Crippen molar-refractivity contribution in [2.75, 3.05) is 13.1 Å². The van der Waals surface area contributed by atoms with Crippen LogP contribution >= 0.6 is 0 Å². The number of carbonyl (C=O) groups is 1. The lowest BCUT2D eigenvalue weighted by Gasteiger charge is -2.47. The van der Waals surface area contributed by atoms with E-state index in [0.29, 0.717) is 30.4 Å². The van der Waals surface area contributed by atoms with E-state index in [1.807, 2.05) is 0 Å². The van der Waals surface area contributed by atoms with Crippen LogP contribution in [0.1, 0.15) is 36.5 Å². The molecule has 1 saturated carbocycles. The fourth-order valence-electron chi connectivity index (χ4n) is 4.76. The monoisotopic (exact) mass is 523 g/mol. The normalized spacial score (nSPS) is 19.7. The molecule has 0 bridgehead atoms. The van der Waals surface area contributed by atoms with Crippen LogP contribution in [0.3, 0.4) is 0 Å². The van der Waals surface area contributed by atoms with Gasteiger partial charge >= 0.3 is 18.4 Å². The lowest BCUT2D eigenvalue weighted by molar-refractivity contribution is -0.309. The first-order valence-electron chi connectivity index (χ1n) is 11.0. The second-order valence-corrected chi connectivity index (χ2v) is 9.19. The van der Waals surface area contributed by atoms with Crippen LogP contribution in [-0.2, 0) is 9.47 Å². The molecular formula is C24H21F8NO3. The summed E-state index contributed by atoms with van der Waals surface area (Å²) in [4.78, 5) is 12.8. The summed E-state index contributed by atoms with van der Waals surface area (Å²) >= 11 is 0.